The highest BCUT2D eigenvalue weighted by Crippen LogP contribution is 2.27. The molecule has 0 atom stereocenters. The van der Waals surface area contributed by atoms with Gasteiger partial charge in [-0.15, -0.1) is 0 Å². The van der Waals surface area contributed by atoms with Crippen LogP contribution in [-0.2, 0) is 6.54 Å². The van der Waals surface area contributed by atoms with Gasteiger partial charge in [-0.3, -0.25) is 4.68 Å². The Kier molecular flexibility index (Phi) is 6.89. The van der Waals surface area contributed by atoms with E-state index in [0.717, 1.165) is 11.3 Å². The second kappa shape index (κ2) is 9.39. The van der Waals surface area contributed by atoms with E-state index in [1.807, 2.05) is 6.92 Å². The fraction of sp³-hybridized carbons (Fsp3) is 0.158. The predicted molar refractivity (Wildman–Crippen MR) is 115 cm³/mol. The maximum Gasteiger partial charge on any atom is 0.387 e. The zero-order chi connectivity index (χ0) is 21.0. The minimum atomic E-state index is -2.94. The summed E-state index contributed by atoms with van der Waals surface area (Å²) in [6, 6.07) is 13.4. The van der Waals surface area contributed by atoms with Crippen molar-refractivity contribution in [1.82, 2.24) is 9.78 Å². The number of ether oxygens (including phenoxy) is 1. The number of thiocarbonyl (C=S) groups is 1. The first-order valence-corrected chi connectivity index (χ1v) is 9.59. The van der Waals surface area contributed by atoms with Crippen LogP contribution in [0, 0.1) is 6.92 Å². The number of para-hydroxylation sites is 2. The van der Waals surface area contributed by atoms with Gasteiger partial charge in [-0.1, -0.05) is 41.4 Å². The van der Waals surface area contributed by atoms with E-state index < -0.39 is 6.61 Å². The third-order valence-electron chi connectivity index (χ3n) is 3.94. The van der Waals surface area contributed by atoms with E-state index >= 15 is 0 Å². The maximum absolute atomic E-state index is 12.5. The number of benzene rings is 2. The molecular weight excluding hydrogens is 441 g/mol. The van der Waals surface area contributed by atoms with Gasteiger partial charge in [0, 0.05) is 27.4 Å². The molecule has 0 amide bonds. The van der Waals surface area contributed by atoms with Gasteiger partial charge in [-0.05, 0) is 43.4 Å². The normalized spacial score (nSPS) is 10.8. The average molecular weight is 457 g/mol. The van der Waals surface area contributed by atoms with E-state index in [9.17, 15) is 8.78 Å². The molecule has 0 bridgehead atoms. The van der Waals surface area contributed by atoms with Crippen molar-refractivity contribution < 1.29 is 13.5 Å². The first-order chi connectivity index (χ1) is 13.8. The summed E-state index contributed by atoms with van der Waals surface area (Å²) in [7, 11) is 0. The van der Waals surface area contributed by atoms with Crippen LogP contribution in [0.5, 0.6) is 5.75 Å². The zero-order valence-electron chi connectivity index (χ0n) is 15.1. The number of halogens is 4. The van der Waals surface area contributed by atoms with Gasteiger partial charge in [0.1, 0.15) is 5.75 Å². The van der Waals surface area contributed by atoms with E-state index in [0.29, 0.717) is 28.1 Å². The summed E-state index contributed by atoms with van der Waals surface area (Å²) >= 11 is 17.7. The largest absolute Gasteiger partial charge is 0.433 e. The van der Waals surface area contributed by atoms with Crippen molar-refractivity contribution in [3.8, 4) is 5.75 Å². The molecule has 29 heavy (non-hydrogen) atoms. The molecule has 0 radical (unpaired) electrons. The Morgan fingerprint density at radius 2 is 1.83 bits per heavy atom. The number of aryl methyl sites for hydroxylation is 1. The second-order valence-electron chi connectivity index (χ2n) is 5.98. The topological polar surface area (TPSA) is 51.1 Å². The SMILES string of the molecule is Cc1cc(NC(=S)Nc2ccccc2OC(F)F)nn1Cc1c(Cl)cccc1Cl. The number of hydrogen-bond donors (Lipinski definition) is 2. The molecule has 1 aromatic heterocycles. The van der Waals surface area contributed by atoms with Crippen LogP contribution in [0.1, 0.15) is 11.3 Å². The quantitative estimate of drug-likeness (QED) is 0.448. The smallest absolute Gasteiger partial charge is 0.387 e. The minimum absolute atomic E-state index is 0.0123. The monoisotopic (exact) mass is 456 g/mol. The van der Waals surface area contributed by atoms with Crippen molar-refractivity contribution in [3.63, 3.8) is 0 Å². The molecule has 2 N–H and O–H groups in total. The number of anilines is 2. The molecule has 152 valence electrons. The summed E-state index contributed by atoms with van der Waals surface area (Å²) in [5, 5.41) is 11.5. The predicted octanol–water partition coefficient (Wildman–Crippen LogP) is 5.96. The van der Waals surface area contributed by atoms with Crippen molar-refractivity contribution in [1.29, 1.82) is 0 Å². The lowest BCUT2D eigenvalue weighted by Gasteiger charge is -2.13. The summed E-state index contributed by atoms with van der Waals surface area (Å²) in [5.74, 6) is 0.470. The van der Waals surface area contributed by atoms with Gasteiger partial charge in [0.15, 0.2) is 10.9 Å². The second-order valence-corrected chi connectivity index (χ2v) is 7.21. The highest BCUT2D eigenvalue weighted by molar-refractivity contribution is 7.80. The minimum Gasteiger partial charge on any atom is -0.433 e. The van der Waals surface area contributed by atoms with Crippen LogP contribution < -0.4 is 15.4 Å². The third kappa shape index (κ3) is 5.56. The van der Waals surface area contributed by atoms with E-state index in [1.165, 1.54) is 6.07 Å². The summed E-state index contributed by atoms with van der Waals surface area (Å²) in [4.78, 5) is 0. The van der Waals surface area contributed by atoms with Crippen LogP contribution in [0.25, 0.3) is 0 Å². The number of aromatic nitrogens is 2. The van der Waals surface area contributed by atoms with Crippen LogP contribution >= 0.6 is 35.4 Å². The summed E-state index contributed by atoms with van der Waals surface area (Å²) in [5.41, 5.74) is 1.92. The number of hydrogen-bond acceptors (Lipinski definition) is 3. The molecule has 10 heteroatoms. The highest BCUT2D eigenvalue weighted by Gasteiger charge is 2.13. The van der Waals surface area contributed by atoms with Crippen LogP contribution in [-0.4, -0.2) is 21.5 Å². The molecule has 3 aromatic rings. The lowest BCUT2D eigenvalue weighted by molar-refractivity contribution is -0.0493. The standard InChI is InChI=1S/C19H16Cl2F2N4OS/c1-11-9-17(26-27(11)10-12-13(20)5-4-6-14(12)21)25-19(29)24-15-7-2-3-8-16(15)28-18(22)23/h2-9,18H,10H2,1H3,(H2,24,25,26,29). The molecule has 0 unspecified atom stereocenters. The molecule has 0 aliphatic heterocycles. The summed E-state index contributed by atoms with van der Waals surface area (Å²) in [6.45, 7) is -0.669. The van der Waals surface area contributed by atoms with Crippen LogP contribution in [0.2, 0.25) is 10.0 Å². The number of rotatable bonds is 6. The van der Waals surface area contributed by atoms with Crippen molar-refractivity contribution in [2.75, 3.05) is 10.6 Å². The number of alkyl halides is 2. The van der Waals surface area contributed by atoms with Crippen LogP contribution in [0.3, 0.4) is 0 Å². The number of nitrogens with one attached hydrogen (secondary N) is 2. The molecule has 3 rings (SSSR count). The van der Waals surface area contributed by atoms with Crippen LogP contribution in [0.15, 0.2) is 48.5 Å². The molecule has 0 fully saturated rings. The van der Waals surface area contributed by atoms with E-state index in [-0.39, 0.29) is 10.9 Å². The molecule has 1 heterocycles. The Morgan fingerprint density at radius 1 is 1.14 bits per heavy atom. The molecule has 0 aliphatic rings. The van der Waals surface area contributed by atoms with Crippen molar-refractivity contribution in [3.05, 3.63) is 69.8 Å². The van der Waals surface area contributed by atoms with E-state index in [4.69, 9.17) is 35.4 Å². The molecule has 0 aliphatic carbocycles. The highest BCUT2D eigenvalue weighted by atomic mass is 35.5. The Hall–Kier alpha value is -2.42. The third-order valence-corrected chi connectivity index (χ3v) is 4.86. The van der Waals surface area contributed by atoms with Crippen molar-refractivity contribution >= 4 is 52.0 Å². The first kappa shape index (κ1) is 21.3. The maximum atomic E-state index is 12.5. The lowest BCUT2D eigenvalue weighted by Crippen LogP contribution is -2.20. The van der Waals surface area contributed by atoms with Gasteiger partial charge in [0.25, 0.3) is 0 Å². The lowest BCUT2D eigenvalue weighted by atomic mass is 10.2. The molecule has 0 saturated heterocycles. The first-order valence-electron chi connectivity index (χ1n) is 8.42. The summed E-state index contributed by atoms with van der Waals surface area (Å²) in [6.07, 6.45) is 0. The molecule has 0 spiro atoms. The Balaban J connectivity index is 1.70. The van der Waals surface area contributed by atoms with Gasteiger partial charge < -0.3 is 15.4 Å². The molecule has 2 aromatic carbocycles. The van der Waals surface area contributed by atoms with Crippen molar-refractivity contribution in [2.45, 2.75) is 20.1 Å². The average Bonchev–Trinajstić information content (AvgIpc) is 2.98. The van der Waals surface area contributed by atoms with Gasteiger partial charge in [-0.2, -0.15) is 13.9 Å². The molecule has 5 nitrogen and oxygen atoms in total. The van der Waals surface area contributed by atoms with E-state index in [1.54, 1.807) is 47.1 Å². The van der Waals surface area contributed by atoms with Crippen LogP contribution in [0.4, 0.5) is 20.3 Å². The van der Waals surface area contributed by atoms with Crippen molar-refractivity contribution in [2.24, 2.45) is 0 Å². The fourth-order valence-corrected chi connectivity index (χ4v) is 3.33. The van der Waals surface area contributed by atoms with Gasteiger partial charge in [0.05, 0.1) is 12.2 Å². The van der Waals surface area contributed by atoms with Gasteiger partial charge in [0.2, 0.25) is 0 Å². The van der Waals surface area contributed by atoms with Gasteiger partial charge >= 0.3 is 6.61 Å². The molecule has 0 saturated carbocycles. The number of nitrogens with zero attached hydrogens (tertiary/aromatic N) is 2. The summed E-state index contributed by atoms with van der Waals surface area (Å²) < 4.78 is 31.3. The fourth-order valence-electron chi connectivity index (χ4n) is 2.60. The Labute approximate surface area is 181 Å². The molecular formula is C19H16Cl2F2N4OS. The Morgan fingerprint density at radius 3 is 2.52 bits per heavy atom. The zero-order valence-corrected chi connectivity index (χ0v) is 17.5. The Bertz CT molecular complexity index is 1010. The van der Waals surface area contributed by atoms with E-state index in [2.05, 4.69) is 20.5 Å². The van der Waals surface area contributed by atoms with Gasteiger partial charge in [-0.25, -0.2) is 0 Å².